The second-order valence-electron chi connectivity index (χ2n) is 6.37. The van der Waals surface area contributed by atoms with Crippen molar-refractivity contribution < 1.29 is 19.1 Å². The molecule has 0 unspecified atom stereocenters. The monoisotopic (exact) mass is 419 g/mol. The highest BCUT2D eigenvalue weighted by molar-refractivity contribution is 6.30. The Morgan fingerprint density at radius 2 is 1.57 bits per heavy atom. The van der Waals surface area contributed by atoms with Crippen molar-refractivity contribution in [2.75, 3.05) is 5.32 Å². The quantitative estimate of drug-likeness (QED) is 0.251. The van der Waals surface area contributed by atoms with Gasteiger partial charge in [0.1, 0.15) is 5.75 Å². The topological polar surface area (TPSA) is 72.5 Å². The highest BCUT2D eigenvalue weighted by atomic mass is 35.5. The molecule has 30 heavy (non-hydrogen) atoms. The molecule has 0 spiro atoms. The molecule has 1 N–H and O–H groups in total. The number of allylic oxidation sites excluding steroid dienone is 1. The number of carbonyl (C=O) groups excluding carboxylic acids is 3. The minimum absolute atomic E-state index is 0.164. The fourth-order valence-electron chi connectivity index (χ4n) is 2.66. The SMILES string of the molecule is CC(=O)Oc1ccccc1C(=O)Nc1ccc(C(=O)/C=C/c2ccc(Cl)cc2)cc1. The zero-order valence-electron chi connectivity index (χ0n) is 16.1. The minimum atomic E-state index is -0.509. The highest BCUT2D eigenvalue weighted by Gasteiger charge is 2.14. The molecule has 6 heteroatoms. The van der Waals surface area contributed by atoms with E-state index >= 15 is 0 Å². The molecule has 1 amide bonds. The summed E-state index contributed by atoms with van der Waals surface area (Å²) < 4.78 is 5.07. The summed E-state index contributed by atoms with van der Waals surface area (Å²) in [6.07, 6.45) is 3.19. The van der Waals surface area contributed by atoms with Crippen LogP contribution in [-0.4, -0.2) is 17.7 Å². The van der Waals surface area contributed by atoms with Crippen molar-refractivity contribution >= 4 is 41.0 Å². The Hall–Kier alpha value is -3.70. The van der Waals surface area contributed by atoms with E-state index in [-0.39, 0.29) is 17.1 Å². The standard InChI is InChI=1S/C24H18ClNO4/c1-16(27)30-23-5-3-2-4-21(23)24(29)26-20-13-9-18(10-14-20)22(28)15-8-17-6-11-19(25)12-7-17/h2-15H,1H3,(H,26,29)/b15-8+. The summed E-state index contributed by atoms with van der Waals surface area (Å²) in [6, 6.07) is 20.1. The third-order valence-electron chi connectivity index (χ3n) is 4.11. The molecule has 0 fully saturated rings. The van der Waals surface area contributed by atoms with E-state index < -0.39 is 11.9 Å². The fraction of sp³-hybridized carbons (Fsp3) is 0.0417. The molecule has 5 nitrogen and oxygen atoms in total. The Morgan fingerprint density at radius 1 is 0.900 bits per heavy atom. The van der Waals surface area contributed by atoms with Gasteiger partial charge in [0.25, 0.3) is 5.91 Å². The Morgan fingerprint density at radius 3 is 2.23 bits per heavy atom. The van der Waals surface area contributed by atoms with E-state index in [1.807, 2.05) is 12.1 Å². The number of benzene rings is 3. The maximum Gasteiger partial charge on any atom is 0.308 e. The number of ketones is 1. The summed E-state index contributed by atoms with van der Waals surface area (Å²) in [4.78, 5) is 36.1. The van der Waals surface area contributed by atoms with Gasteiger partial charge in [-0.05, 0) is 60.2 Å². The number of ether oxygens (including phenoxy) is 1. The van der Waals surface area contributed by atoms with E-state index in [0.29, 0.717) is 16.3 Å². The lowest BCUT2D eigenvalue weighted by atomic mass is 10.1. The molecule has 0 aliphatic rings. The first kappa shape index (κ1) is 21.0. The van der Waals surface area contributed by atoms with Crippen LogP contribution in [0.2, 0.25) is 5.02 Å². The summed E-state index contributed by atoms with van der Waals surface area (Å²) in [5.41, 5.74) is 2.09. The summed E-state index contributed by atoms with van der Waals surface area (Å²) in [5.74, 6) is -0.914. The third-order valence-corrected chi connectivity index (χ3v) is 4.36. The molecule has 0 aliphatic carbocycles. The molecular weight excluding hydrogens is 402 g/mol. The molecule has 0 saturated carbocycles. The molecule has 0 aromatic heterocycles. The van der Waals surface area contributed by atoms with Crippen LogP contribution in [0.1, 0.15) is 33.2 Å². The van der Waals surface area contributed by atoms with Crippen LogP contribution < -0.4 is 10.1 Å². The van der Waals surface area contributed by atoms with Crippen LogP contribution in [0.15, 0.2) is 78.9 Å². The van der Waals surface area contributed by atoms with Gasteiger partial charge < -0.3 is 10.1 Å². The van der Waals surface area contributed by atoms with Crippen molar-refractivity contribution in [3.63, 3.8) is 0 Å². The van der Waals surface area contributed by atoms with Crippen LogP contribution in [0.4, 0.5) is 5.69 Å². The van der Waals surface area contributed by atoms with Gasteiger partial charge in [-0.3, -0.25) is 14.4 Å². The summed E-state index contributed by atoms with van der Waals surface area (Å²) in [6.45, 7) is 1.27. The summed E-state index contributed by atoms with van der Waals surface area (Å²) in [5, 5.41) is 3.36. The van der Waals surface area contributed by atoms with Crippen LogP contribution in [0.25, 0.3) is 6.08 Å². The largest absolute Gasteiger partial charge is 0.426 e. The van der Waals surface area contributed by atoms with Crippen molar-refractivity contribution in [2.24, 2.45) is 0 Å². The first-order valence-electron chi connectivity index (χ1n) is 9.09. The Bertz CT molecular complexity index is 1100. The molecule has 0 atom stereocenters. The normalized spacial score (nSPS) is 10.6. The average Bonchev–Trinajstić information content (AvgIpc) is 2.73. The van der Waals surface area contributed by atoms with E-state index in [9.17, 15) is 14.4 Å². The van der Waals surface area contributed by atoms with Crippen LogP contribution in [0, 0.1) is 0 Å². The molecule has 0 bridgehead atoms. The number of hydrogen-bond donors (Lipinski definition) is 1. The predicted molar refractivity (Wildman–Crippen MR) is 117 cm³/mol. The molecular formula is C24H18ClNO4. The van der Waals surface area contributed by atoms with Gasteiger partial charge in [0.2, 0.25) is 0 Å². The number of esters is 1. The van der Waals surface area contributed by atoms with Crippen molar-refractivity contribution in [1.82, 2.24) is 0 Å². The lowest BCUT2D eigenvalue weighted by Crippen LogP contribution is -2.14. The smallest absolute Gasteiger partial charge is 0.308 e. The molecule has 0 radical (unpaired) electrons. The minimum Gasteiger partial charge on any atom is -0.426 e. The van der Waals surface area contributed by atoms with Crippen LogP contribution in [0.5, 0.6) is 5.75 Å². The predicted octanol–water partition coefficient (Wildman–Crippen LogP) is 5.41. The van der Waals surface area contributed by atoms with Crippen molar-refractivity contribution in [3.05, 3.63) is 101 Å². The average molecular weight is 420 g/mol. The van der Waals surface area contributed by atoms with E-state index in [4.69, 9.17) is 16.3 Å². The van der Waals surface area contributed by atoms with Gasteiger partial charge in [0.05, 0.1) is 5.56 Å². The fourth-order valence-corrected chi connectivity index (χ4v) is 2.78. The number of amides is 1. The van der Waals surface area contributed by atoms with Gasteiger partial charge in [-0.1, -0.05) is 41.9 Å². The first-order chi connectivity index (χ1) is 14.4. The van der Waals surface area contributed by atoms with E-state index in [1.165, 1.54) is 13.0 Å². The number of para-hydroxylation sites is 1. The Balaban J connectivity index is 1.67. The number of carbonyl (C=O) groups is 3. The van der Waals surface area contributed by atoms with Gasteiger partial charge in [-0.25, -0.2) is 0 Å². The number of rotatable bonds is 6. The Kier molecular flexibility index (Phi) is 6.78. The first-order valence-corrected chi connectivity index (χ1v) is 9.47. The zero-order chi connectivity index (χ0) is 21.5. The molecule has 150 valence electrons. The zero-order valence-corrected chi connectivity index (χ0v) is 16.8. The van der Waals surface area contributed by atoms with Crippen LogP contribution in [-0.2, 0) is 4.79 Å². The second kappa shape index (κ2) is 9.67. The van der Waals surface area contributed by atoms with Crippen LogP contribution in [0.3, 0.4) is 0 Å². The molecule has 0 aliphatic heterocycles. The maximum atomic E-state index is 12.5. The van der Waals surface area contributed by atoms with E-state index in [1.54, 1.807) is 66.7 Å². The molecule has 0 saturated heterocycles. The third kappa shape index (κ3) is 5.65. The molecule has 3 rings (SSSR count). The molecule has 0 heterocycles. The molecule has 3 aromatic carbocycles. The number of nitrogens with one attached hydrogen (secondary N) is 1. The van der Waals surface area contributed by atoms with E-state index in [0.717, 1.165) is 5.56 Å². The molecule has 3 aromatic rings. The maximum absolute atomic E-state index is 12.5. The van der Waals surface area contributed by atoms with Crippen molar-refractivity contribution in [1.29, 1.82) is 0 Å². The summed E-state index contributed by atoms with van der Waals surface area (Å²) in [7, 11) is 0. The van der Waals surface area contributed by atoms with Gasteiger partial charge in [0, 0.05) is 23.2 Å². The van der Waals surface area contributed by atoms with E-state index in [2.05, 4.69) is 5.32 Å². The Labute approximate surface area is 178 Å². The lowest BCUT2D eigenvalue weighted by molar-refractivity contribution is -0.131. The van der Waals surface area contributed by atoms with Crippen LogP contribution >= 0.6 is 11.6 Å². The van der Waals surface area contributed by atoms with Crippen molar-refractivity contribution in [3.8, 4) is 5.75 Å². The van der Waals surface area contributed by atoms with Gasteiger partial charge in [-0.15, -0.1) is 0 Å². The van der Waals surface area contributed by atoms with Gasteiger partial charge in [-0.2, -0.15) is 0 Å². The van der Waals surface area contributed by atoms with Gasteiger partial charge >= 0.3 is 5.97 Å². The lowest BCUT2D eigenvalue weighted by Gasteiger charge is -2.09. The second-order valence-corrected chi connectivity index (χ2v) is 6.81. The number of halogens is 1. The van der Waals surface area contributed by atoms with Crippen molar-refractivity contribution in [2.45, 2.75) is 6.92 Å². The highest BCUT2D eigenvalue weighted by Crippen LogP contribution is 2.20. The van der Waals surface area contributed by atoms with Gasteiger partial charge in [0.15, 0.2) is 5.78 Å². The summed E-state index contributed by atoms with van der Waals surface area (Å²) >= 11 is 5.85. The number of hydrogen-bond acceptors (Lipinski definition) is 4. The number of anilines is 1.